The molecule has 0 saturated carbocycles. The molecule has 0 aliphatic carbocycles. The van der Waals surface area contributed by atoms with E-state index in [0.29, 0.717) is 5.69 Å². The van der Waals surface area contributed by atoms with Crippen molar-refractivity contribution >= 4 is 21.4 Å². The Morgan fingerprint density at radius 1 is 1.05 bits per heavy atom. The average molecular weight is 298 g/mol. The van der Waals surface area contributed by atoms with E-state index in [2.05, 4.69) is 0 Å². The second kappa shape index (κ2) is 5.09. The highest BCUT2D eigenvalue weighted by atomic mass is 32.2. The lowest BCUT2D eigenvalue weighted by Crippen LogP contribution is -2.14. The van der Waals surface area contributed by atoms with Crippen molar-refractivity contribution in [1.29, 1.82) is 0 Å². The third kappa shape index (κ3) is 2.88. The van der Waals surface area contributed by atoms with Crippen molar-refractivity contribution in [2.75, 3.05) is 10.5 Å². The standard InChI is InChI=1S/C13H12F2N2O2S/c1-8-6-12(15)13(7-11(8)14)17-20(18,19)10-4-2-9(16)3-5-10/h2-7,17H,16H2,1H3. The minimum atomic E-state index is -3.99. The van der Waals surface area contributed by atoms with Gasteiger partial charge in [0.15, 0.2) is 0 Å². The first-order valence-electron chi connectivity index (χ1n) is 5.63. The van der Waals surface area contributed by atoms with E-state index < -0.39 is 27.3 Å². The second-order valence-corrected chi connectivity index (χ2v) is 5.94. The molecule has 0 atom stereocenters. The van der Waals surface area contributed by atoms with Crippen LogP contribution in [0.2, 0.25) is 0 Å². The highest BCUT2D eigenvalue weighted by Gasteiger charge is 2.17. The van der Waals surface area contributed by atoms with Crippen molar-refractivity contribution in [2.45, 2.75) is 11.8 Å². The zero-order chi connectivity index (χ0) is 14.9. The number of halogens is 2. The number of rotatable bonds is 3. The van der Waals surface area contributed by atoms with E-state index in [9.17, 15) is 17.2 Å². The van der Waals surface area contributed by atoms with Crippen molar-refractivity contribution in [3.8, 4) is 0 Å². The van der Waals surface area contributed by atoms with Crippen LogP contribution >= 0.6 is 0 Å². The second-order valence-electron chi connectivity index (χ2n) is 4.26. The van der Waals surface area contributed by atoms with Gasteiger partial charge in [-0.05, 0) is 42.8 Å². The van der Waals surface area contributed by atoms with Crippen LogP contribution in [0.1, 0.15) is 5.56 Å². The van der Waals surface area contributed by atoms with Gasteiger partial charge in [-0.3, -0.25) is 4.72 Å². The van der Waals surface area contributed by atoms with Crippen molar-refractivity contribution in [3.63, 3.8) is 0 Å². The van der Waals surface area contributed by atoms with Gasteiger partial charge in [-0.25, -0.2) is 17.2 Å². The Balaban J connectivity index is 2.38. The molecule has 0 aliphatic rings. The summed E-state index contributed by atoms with van der Waals surface area (Å²) < 4.78 is 53.0. The van der Waals surface area contributed by atoms with Gasteiger partial charge in [-0.1, -0.05) is 0 Å². The van der Waals surface area contributed by atoms with Crippen LogP contribution in [-0.4, -0.2) is 8.42 Å². The minimum absolute atomic E-state index is 0.0907. The number of nitrogens with two attached hydrogens (primary N) is 1. The van der Waals surface area contributed by atoms with Crippen molar-refractivity contribution < 1.29 is 17.2 Å². The smallest absolute Gasteiger partial charge is 0.261 e. The lowest BCUT2D eigenvalue weighted by molar-refractivity contribution is 0.590. The van der Waals surface area contributed by atoms with Crippen LogP contribution < -0.4 is 10.5 Å². The molecule has 2 rings (SSSR count). The van der Waals surface area contributed by atoms with Gasteiger partial charge in [0.05, 0.1) is 10.6 Å². The van der Waals surface area contributed by atoms with Crippen molar-refractivity contribution in [2.24, 2.45) is 0 Å². The summed E-state index contributed by atoms with van der Waals surface area (Å²) in [5.41, 5.74) is 5.51. The fourth-order valence-electron chi connectivity index (χ4n) is 1.58. The normalized spacial score (nSPS) is 11.3. The van der Waals surface area contributed by atoms with Gasteiger partial charge in [0.1, 0.15) is 11.6 Å². The summed E-state index contributed by atoms with van der Waals surface area (Å²) in [6.45, 7) is 1.39. The molecule has 0 amide bonds. The molecular weight excluding hydrogens is 286 g/mol. The van der Waals surface area contributed by atoms with E-state index in [1.807, 2.05) is 4.72 Å². The van der Waals surface area contributed by atoms with Crippen LogP contribution in [0, 0.1) is 18.6 Å². The van der Waals surface area contributed by atoms with E-state index in [0.717, 1.165) is 12.1 Å². The Morgan fingerprint density at radius 3 is 2.25 bits per heavy atom. The summed E-state index contributed by atoms with van der Waals surface area (Å²) >= 11 is 0. The van der Waals surface area contributed by atoms with E-state index in [1.165, 1.54) is 31.2 Å². The quantitative estimate of drug-likeness (QED) is 0.856. The maximum atomic E-state index is 13.6. The fraction of sp³-hybridized carbons (Fsp3) is 0.0769. The van der Waals surface area contributed by atoms with Crippen molar-refractivity contribution in [1.82, 2.24) is 0 Å². The highest BCUT2D eigenvalue weighted by molar-refractivity contribution is 7.92. The highest BCUT2D eigenvalue weighted by Crippen LogP contribution is 2.22. The maximum absolute atomic E-state index is 13.6. The largest absolute Gasteiger partial charge is 0.399 e. The first-order chi connectivity index (χ1) is 9.29. The zero-order valence-electron chi connectivity index (χ0n) is 10.5. The Hall–Kier alpha value is -2.15. The predicted molar refractivity (Wildman–Crippen MR) is 72.8 cm³/mol. The predicted octanol–water partition coefficient (Wildman–Crippen LogP) is 2.66. The molecule has 0 unspecified atom stereocenters. The summed E-state index contributed by atoms with van der Waals surface area (Å²) in [6.07, 6.45) is 0. The fourth-order valence-corrected chi connectivity index (χ4v) is 2.63. The molecule has 3 N–H and O–H groups in total. The number of nitrogens with one attached hydrogen (secondary N) is 1. The molecule has 0 bridgehead atoms. The SMILES string of the molecule is Cc1cc(F)c(NS(=O)(=O)c2ccc(N)cc2)cc1F. The molecule has 0 spiro atoms. The molecule has 0 saturated heterocycles. The number of hydrogen-bond donors (Lipinski definition) is 2. The topological polar surface area (TPSA) is 72.2 Å². The van der Waals surface area contributed by atoms with E-state index in [1.54, 1.807) is 0 Å². The number of anilines is 2. The van der Waals surface area contributed by atoms with Gasteiger partial charge in [-0.2, -0.15) is 0 Å². The third-order valence-electron chi connectivity index (χ3n) is 2.68. The molecule has 2 aromatic carbocycles. The van der Waals surface area contributed by atoms with Gasteiger partial charge in [-0.15, -0.1) is 0 Å². The first-order valence-corrected chi connectivity index (χ1v) is 7.12. The first kappa shape index (κ1) is 14.3. The lowest BCUT2D eigenvalue weighted by atomic mass is 10.2. The van der Waals surface area contributed by atoms with E-state index in [-0.39, 0.29) is 10.5 Å². The van der Waals surface area contributed by atoms with Gasteiger partial charge in [0.2, 0.25) is 0 Å². The third-order valence-corrected chi connectivity index (χ3v) is 4.06. The molecule has 0 aliphatic heterocycles. The number of sulfonamides is 1. The van der Waals surface area contributed by atoms with Crippen LogP contribution in [0.4, 0.5) is 20.2 Å². The number of aryl methyl sites for hydroxylation is 1. The summed E-state index contributed by atoms with van der Waals surface area (Å²) in [4.78, 5) is -0.0907. The van der Waals surface area contributed by atoms with Crippen LogP contribution in [0.3, 0.4) is 0 Å². The lowest BCUT2D eigenvalue weighted by Gasteiger charge is -2.10. The van der Waals surface area contributed by atoms with Gasteiger partial charge >= 0.3 is 0 Å². The summed E-state index contributed by atoms with van der Waals surface area (Å²) in [5, 5.41) is 0. The Bertz CT molecular complexity index is 744. The summed E-state index contributed by atoms with van der Waals surface area (Å²) in [5.74, 6) is -1.54. The van der Waals surface area contributed by atoms with Gasteiger partial charge < -0.3 is 5.73 Å². The van der Waals surface area contributed by atoms with Gasteiger partial charge in [0, 0.05) is 11.8 Å². The molecule has 0 heterocycles. The molecule has 0 radical (unpaired) electrons. The average Bonchev–Trinajstić information content (AvgIpc) is 2.36. The molecular formula is C13H12F2N2O2S. The molecule has 20 heavy (non-hydrogen) atoms. The summed E-state index contributed by atoms with van der Waals surface area (Å²) in [6, 6.07) is 7.09. The molecule has 0 fully saturated rings. The Labute approximate surface area is 115 Å². The van der Waals surface area contributed by atoms with E-state index >= 15 is 0 Å². The number of benzene rings is 2. The monoisotopic (exact) mass is 298 g/mol. The van der Waals surface area contributed by atoms with Crippen molar-refractivity contribution in [3.05, 3.63) is 53.6 Å². The van der Waals surface area contributed by atoms with Crippen LogP contribution in [0.5, 0.6) is 0 Å². The van der Waals surface area contributed by atoms with E-state index in [4.69, 9.17) is 5.73 Å². The van der Waals surface area contributed by atoms with Crippen LogP contribution in [-0.2, 0) is 10.0 Å². The molecule has 4 nitrogen and oxygen atoms in total. The van der Waals surface area contributed by atoms with Crippen LogP contribution in [0.15, 0.2) is 41.3 Å². The minimum Gasteiger partial charge on any atom is -0.399 e. The van der Waals surface area contributed by atoms with Crippen LogP contribution in [0.25, 0.3) is 0 Å². The Kier molecular flexibility index (Phi) is 3.63. The Morgan fingerprint density at radius 2 is 1.65 bits per heavy atom. The molecule has 7 heteroatoms. The van der Waals surface area contributed by atoms with Gasteiger partial charge in [0.25, 0.3) is 10.0 Å². The molecule has 2 aromatic rings. The zero-order valence-corrected chi connectivity index (χ0v) is 11.3. The molecule has 0 aromatic heterocycles. The summed E-state index contributed by atoms with van der Waals surface area (Å²) in [7, 11) is -3.99. The number of nitrogen functional groups attached to an aromatic ring is 1. The maximum Gasteiger partial charge on any atom is 0.261 e. The number of hydrogen-bond acceptors (Lipinski definition) is 3. The molecule has 106 valence electrons.